The van der Waals surface area contributed by atoms with Gasteiger partial charge in [-0.15, -0.1) is 0 Å². The monoisotopic (exact) mass is 266 g/mol. The Balaban J connectivity index is 1.85. The molecule has 0 saturated carbocycles. The standard InChI is InChI=1S/C14H10N4O2/c19-13(7-14(20)11-9-15-4-5-16-11)10-8-17-18-6-2-1-3-12(10)18/h1-6,8-9H,7H2. The summed E-state index contributed by atoms with van der Waals surface area (Å²) in [6.07, 6.45) is 7.23. The molecule has 0 saturated heterocycles. The Morgan fingerprint density at radius 2 is 2.00 bits per heavy atom. The first kappa shape index (κ1) is 12.2. The van der Waals surface area contributed by atoms with Crippen LogP contribution in [0.15, 0.2) is 49.2 Å². The van der Waals surface area contributed by atoms with E-state index < -0.39 is 0 Å². The van der Waals surface area contributed by atoms with Gasteiger partial charge in [-0.3, -0.25) is 14.6 Å². The molecule has 0 aliphatic carbocycles. The molecule has 6 heteroatoms. The van der Waals surface area contributed by atoms with Gasteiger partial charge in [-0.05, 0) is 12.1 Å². The van der Waals surface area contributed by atoms with E-state index >= 15 is 0 Å². The molecule has 0 N–H and O–H groups in total. The number of hydrogen-bond donors (Lipinski definition) is 0. The SMILES string of the molecule is O=C(CC(=O)c1cnn2ccccc12)c1cnccn1. The van der Waals surface area contributed by atoms with Crippen molar-refractivity contribution >= 4 is 17.1 Å². The van der Waals surface area contributed by atoms with Crippen LogP contribution in [0, 0.1) is 0 Å². The van der Waals surface area contributed by atoms with Crippen LogP contribution < -0.4 is 0 Å². The van der Waals surface area contributed by atoms with Crippen LogP contribution in [0.2, 0.25) is 0 Å². The second-order valence-corrected chi connectivity index (χ2v) is 4.20. The van der Waals surface area contributed by atoms with Crippen LogP contribution in [-0.4, -0.2) is 31.1 Å². The van der Waals surface area contributed by atoms with Crippen molar-refractivity contribution < 1.29 is 9.59 Å². The lowest BCUT2D eigenvalue weighted by atomic mass is 10.1. The zero-order valence-corrected chi connectivity index (χ0v) is 10.4. The van der Waals surface area contributed by atoms with Gasteiger partial charge in [0.2, 0.25) is 0 Å². The molecule has 98 valence electrons. The van der Waals surface area contributed by atoms with E-state index in [-0.39, 0.29) is 23.7 Å². The van der Waals surface area contributed by atoms with Crippen molar-refractivity contribution in [2.75, 3.05) is 0 Å². The van der Waals surface area contributed by atoms with Crippen molar-refractivity contribution in [2.45, 2.75) is 6.42 Å². The molecule has 20 heavy (non-hydrogen) atoms. The summed E-state index contributed by atoms with van der Waals surface area (Å²) in [5.74, 6) is -0.625. The zero-order chi connectivity index (χ0) is 13.9. The Hall–Kier alpha value is -2.89. The maximum absolute atomic E-state index is 12.2. The molecule has 0 fully saturated rings. The van der Waals surface area contributed by atoms with Gasteiger partial charge in [-0.1, -0.05) is 6.07 Å². The number of carbonyl (C=O) groups is 2. The summed E-state index contributed by atoms with van der Waals surface area (Å²) in [7, 11) is 0. The van der Waals surface area contributed by atoms with E-state index in [0.29, 0.717) is 11.1 Å². The maximum atomic E-state index is 12.2. The predicted octanol–water partition coefficient (Wildman–Crippen LogP) is 1.58. The Bertz CT molecular complexity index is 780. The average Bonchev–Trinajstić information content (AvgIpc) is 2.92. The van der Waals surface area contributed by atoms with Crippen molar-refractivity contribution in [3.63, 3.8) is 0 Å². The second-order valence-electron chi connectivity index (χ2n) is 4.20. The summed E-state index contributed by atoms with van der Waals surface area (Å²) in [5.41, 5.74) is 1.31. The van der Waals surface area contributed by atoms with Gasteiger partial charge in [0, 0.05) is 18.6 Å². The van der Waals surface area contributed by atoms with Crippen molar-refractivity contribution in [3.05, 3.63) is 60.4 Å². The summed E-state index contributed by atoms with van der Waals surface area (Å²) in [5, 5.41) is 4.08. The molecule has 3 heterocycles. The van der Waals surface area contributed by atoms with Crippen molar-refractivity contribution in [1.82, 2.24) is 19.6 Å². The number of fused-ring (bicyclic) bond motifs is 1. The number of aromatic nitrogens is 4. The van der Waals surface area contributed by atoms with Crippen molar-refractivity contribution in [1.29, 1.82) is 0 Å². The van der Waals surface area contributed by atoms with E-state index in [0.717, 1.165) is 0 Å². The minimum atomic E-state index is -0.349. The quantitative estimate of drug-likeness (QED) is 0.529. The normalized spacial score (nSPS) is 10.6. The van der Waals surface area contributed by atoms with Crippen LogP contribution in [0.4, 0.5) is 0 Å². The average molecular weight is 266 g/mol. The highest BCUT2D eigenvalue weighted by atomic mass is 16.1. The van der Waals surface area contributed by atoms with E-state index in [1.165, 1.54) is 24.8 Å². The second kappa shape index (κ2) is 5.00. The summed E-state index contributed by atoms with van der Waals surface area (Å²) in [4.78, 5) is 31.8. The predicted molar refractivity (Wildman–Crippen MR) is 70.5 cm³/mol. The smallest absolute Gasteiger partial charge is 0.190 e. The van der Waals surface area contributed by atoms with Gasteiger partial charge in [0.25, 0.3) is 0 Å². The molecule has 0 unspecified atom stereocenters. The fourth-order valence-corrected chi connectivity index (χ4v) is 1.92. The number of ketones is 2. The molecule has 0 atom stereocenters. The van der Waals surface area contributed by atoms with Crippen LogP contribution in [-0.2, 0) is 0 Å². The third-order valence-corrected chi connectivity index (χ3v) is 2.90. The van der Waals surface area contributed by atoms with E-state index in [1.807, 2.05) is 12.1 Å². The van der Waals surface area contributed by atoms with E-state index in [4.69, 9.17) is 0 Å². The molecule has 0 spiro atoms. The first-order valence-corrected chi connectivity index (χ1v) is 6.00. The Morgan fingerprint density at radius 1 is 1.10 bits per heavy atom. The van der Waals surface area contributed by atoms with E-state index in [9.17, 15) is 9.59 Å². The number of carbonyl (C=O) groups excluding carboxylic acids is 2. The Labute approximate surface area is 114 Å². The largest absolute Gasteiger partial charge is 0.294 e. The minimum absolute atomic E-state index is 0.192. The number of hydrogen-bond acceptors (Lipinski definition) is 5. The maximum Gasteiger partial charge on any atom is 0.190 e. The lowest BCUT2D eigenvalue weighted by Crippen LogP contribution is -2.10. The minimum Gasteiger partial charge on any atom is -0.294 e. The van der Waals surface area contributed by atoms with Gasteiger partial charge in [0.1, 0.15) is 5.69 Å². The molecular weight excluding hydrogens is 256 g/mol. The van der Waals surface area contributed by atoms with Crippen molar-refractivity contribution in [3.8, 4) is 0 Å². The molecule has 0 aromatic carbocycles. The highest BCUT2D eigenvalue weighted by molar-refractivity contribution is 6.15. The Kier molecular flexibility index (Phi) is 3.04. The highest BCUT2D eigenvalue weighted by Gasteiger charge is 2.18. The van der Waals surface area contributed by atoms with Gasteiger partial charge in [0.05, 0.1) is 29.9 Å². The van der Waals surface area contributed by atoms with Crippen molar-refractivity contribution in [2.24, 2.45) is 0 Å². The van der Waals surface area contributed by atoms with Crippen LogP contribution in [0.25, 0.3) is 5.52 Å². The molecule has 3 aromatic rings. The van der Waals surface area contributed by atoms with Crippen LogP contribution in [0.1, 0.15) is 27.3 Å². The van der Waals surface area contributed by atoms with E-state index in [1.54, 1.807) is 16.8 Å². The molecule has 0 aliphatic heterocycles. The highest BCUT2D eigenvalue weighted by Crippen LogP contribution is 2.13. The van der Waals surface area contributed by atoms with Gasteiger partial charge in [0.15, 0.2) is 11.6 Å². The molecular formula is C14H10N4O2. The summed E-state index contributed by atoms with van der Waals surface area (Å²) < 4.78 is 1.60. The summed E-state index contributed by atoms with van der Waals surface area (Å²) >= 11 is 0. The van der Waals surface area contributed by atoms with Crippen LogP contribution >= 0.6 is 0 Å². The first-order valence-electron chi connectivity index (χ1n) is 6.00. The van der Waals surface area contributed by atoms with Gasteiger partial charge in [-0.25, -0.2) is 9.50 Å². The molecule has 6 nitrogen and oxygen atoms in total. The number of nitrogens with zero attached hydrogens (tertiary/aromatic N) is 4. The van der Waals surface area contributed by atoms with Crippen LogP contribution in [0.5, 0.6) is 0 Å². The zero-order valence-electron chi connectivity index (χ0n) is 10.4. The van der Waals surface area contributed by atoms with E-state index in [2.05, 4.69) is 15.1 Å². The molecule has 0 bridgehead atoms. The Morgan fingerprint density at radius 3 is 2.80 bits per heavy atom. The fraction of sp³-hybridized carbons (Fsp3) is 0.0714. The fourth-order valence-electron chi connectivity index (χ4n) is 1.92. The third-order valence-electron chi connectivity index (χ3n) is 2.90. The molecule has 3 rings (SSSR count). The summed E-state index contributed by atoms with van der Waals surface area (Å²) in [6, 6.07) is 5.42. The van der Waals surface area contributed by atoms with Gasteiger partial charge < -0.3 is 0 Å². The lowest BCUT2D eigenvalue weighted by molar-refractivity contribution is 0.0892. The number of Topliss-reactive ketones (excluding diaryl/α,β-unsaturated/α-hetero) is 2. The molecule has 0 amide bonds. The molecule has 0 aliphatic rings. The van der Waals surface area contributed by atoms with Gasteiger partial charge >= 0.3 is 0 Å². The van der Waals surface area contributed by atoms with Gasteiger partial charge in [-0.2, -0.15) is 5.10 Å². The molecule has 3 aromatic heterocycles. The number of rotatable bonds is 4. The van der Waals surface area contributed by atoms with Crippen LogP contribution in [0.3, 0.4) is 0 Å². The first-order chi connectivity index (χ1) is 9.75. The lowest BCUT2D eigenvalue weighted by Gasteiger charge is -1.99. The number of pyridine rings is 1. The molecule has 0 radical (unpaired) electrons. The topological polar surface area (TPSA) is 77.2 Å². The summed E-state index contributed by atoms with van der Waals surface area (Å²) in [6.45, 7) is 0. The third kappa shape index (κ3) is 2.18.